The summed E-state index contributed by atoms with van der Waals surface area (Å²) in [6, 6.07) is 13.4. The minimum atomic E-state index is -3.76. The molecule has 2 aromatic carbocycles. The summed E-state index contributed by atoms with van der Waals surface area (Å²) in [5, 5.41) is 0. The highest BCUT2D eigenvalue weighted by Gasteiger charge is 2.19. The molecule has 0 saturated carbocycles. The number of hydrogen-bond acceptors (Lipinski definition) is 3. The van der Waals surface area contributed by atoms with Crippen LogP contribution in [0.2, 0.25) is 0 Å². The van der Waals surface area contributed by atoms with Gasteiger partial charge in [0.2, 0.25) is 0 Å². The second-order valence-electron chi connectivity index (χ2n) is 6.30. The molecule has 0 aliphatic rings. The van der Waals surface area contributed by atoms with E-state index in [9.17, 15) is 13.2 Å². The number of amides is 1. The van der Waals surface area contributed by atoms with E-state index in [1.165, 1.54) is 12.1 Å². The number of nitrogens with one attached hydrogen (secondary N) is 1. The lowest BCUT2D eigenvalue weighted by atomic mass is 10.2. The Kier molecular flexibility index (Phi) is 6.80. The van der Waals surface area contributed by atoms with E-state index < -0.39 is 10.0 Å². The molecule has 0 aromatic heterocycles. The molecule has 5 nitrogen and oxygen atoms in total. The minimum absolute atomic E-state index is 0.0813. The molecular formula is C20H26N2O3S. The Bertz CT molecular complexity index is 857. The van der Waals surface area contributed by atoms with E-state index in [1.54, 1.807) is 35.2 Å². The number of nitrogens with zero attached hydrogens (tertiary/aromatic N) is 1. The first-order valence-electron chi connectivity index (χ1n) is 8.86. The minimum Gasteiger partial charge on any atom is -0.339 e. The standard InChI is InChI=1S/C20H26N2O3S/c1-4-12-22(13-5-2)20(23)17-9-7-11-19(15-17)26(24,25)21-18-10-6-8-16(3)14-18/h6-11,14-15,21H,4-5,12-13H2,1-3H3. The SMILES string of the molecule is CCCN(CCC)C(=O)c1cccc(S(=O)(=O)Nc2cccc(C)c2)c1. The van der Waals surface area contributed by atoms with Crippen molar-refractivity contribution >= 4 is 21.6 Å². The Morgan fingerprint density at radius 2 is 1.65 bits per heavy atom. The van der Waals surface area contributed by atoms with Crippen LogP contribution in [0.1, 0.15) is 42.6 Å². The zero-order valence-electron chi connectivity index (χ0n) is 15.5. The lowest BCUT2D eigenvalue weighted by molar-refractivity contribution is 0.0755. The first-order chi connectivity index (χ1) is 12.4. The fourth-order valence-electron chi connectivity index (χ4n) is 2.76. The van der Waals surface area contributed by atoms with E-state index in [0.717, 1.165) is 18.4 Å². The molecule has 0 radical (unpaired) electrons. The third kappa shape index (κ3) is 5.08. The van der Waals surface area contributed by atoms with Crippen LogP contribution in [0.4, 0.5) is 5.69 Å². The summed E-state index contributed by atoms with van der Waals surface area (Å²) in [6.07, 6.45) is 1.72. The van der Waals surface area contributed by atoms with Crippen LogP contribution in [0, 0.1) is 6.92 Å². The molecule has 0 unspecified atom stereocenters. The maximum absolute atomic E-state index is 12.7. The number of carbonyl (C=O) groups is 1. The Morgan fingerprint density at radius 3 is 2.27 bits per heavy atom. The van der Waals surface area contributed by atoms with E-state index in [-0.39, 0.29) is 10.8 Å². The van der Waals surface area contributed by atoms with E-state index in [2.05, 4.69) is 4.72 Å². The maximum atomic E-state index is 12.7. The van der Waals surface area contributed by atoms with Gasteiger partial charge in [0.05, 0.1) is 4.90 Å². The van der Waals surface area contributed by atoms with Crippen molar-refractivity contribution in [3.05, 3.63) is 59.7 Å². The van der Waals surface area contributed by atoms with Crippen LogP contribution in [-0.2, 0) is 10.0 Å². The predicted octanol–water partition coefficient (Wildman–Crippen LogP) is 4.06. The second-order valence-corrected chi connectivity index (χ2v) is 7.98. The van der Waals surface area contributed by atoms with Crippen LogP contribution in [0.25, 0.3) is 0 Å². The lowest BCUT2D eigenvalue weighted by Gasteiger charge is -2.21. The summed E-state index contributed by atoms with van der Waals surface area (Å²) in [4.78, 5) is 14.6. The zero-order valence-corrected chi connectivity index (χ0v) is 16.3. The number of sulfonamides is 1. The highest BCUT2D eigenvalue weighted by molar-refractivity contribution is 7.92. The largest absolute Gasteiger partial charge is 0.339 e. The number of aryl methyl sites for hydroxylation is 1. The Labute approximate surface area is 156 Å². The highest BCUT2D eigenvalue weighted by atomic mass is 32.2. The van der Waals surface area contributed by atoms with Gasteiger partial charge in [-0.15, -0.1) is 0 Å². The molecule has 140 valence electrons. The second kappa shape index (κ2) is 8.85. The average molecular weight is 375 g/mol. The van der Waals surface area contributed by atoms with Gasteiger partial charge in [-0.2, -0.15) is 0 Å². The molecule has 2 rings (SSSR count). The van der Waals surface area contributed by atoms with Gasteiger partial charge in [-0.3, -0.25) is 9.52 Å². The number of benzene rings is 2. The van der Waals surface area contributed by atoms with Crippen molar-refractivity contribution in [3.8, 4) is 0 Å². The van der Waals surface area contributed by atoms with Gasteiger partial charge in [0.15, 0.2) is 0 Å². The first kappa shape index (κ1) is 20.0. The quantitative estimate of drug-likeness (QED) is 0.758. The molecule has 0 heterocycles. The molecule has 0 bridgehead atoms. The summed E-state index contributed by atoms with van der Waals surface area (Å²) >= 11 is 0. The van der Waals surface area contributed by atoms with Crippen LogP contribution >= 0.6 is 0 Å². The number of hydrogen-bond donors (Lipinski definition) is 1. The van der Waals surface area contributed by atoms with Crippen molar-refractivity contribution < 1.29 is 13.2 Å². The van der Waals surface area contributed by atoms with Crippen LogP contribution in [0.3, 0.4) is 0 Å². The van der Waals surface area contributed by atoms with Crippen LogP contribution in [-0.4, -0.2) is 32.3 Å². The number of carbonyl (C=O) groups excluding carboxylic acids is 1. The van der Waals surface area contributed by atoms with E-state index >= 15 is 0 Å². The summed E-state index contributed by atoms with van der Waals surface area (Å²) in [6.45, 7) is 7.24. The van der Waals surface area contributed by atoms with Crippen molar-refractivity contribution in [1.29, 1.82) is 0 Å². The fraction of sp³-hybridized carbons (Fsp3) is 0.350. The summed E-state index contributed by atoms with van der Waals surface area (Å²) in [5.74, 6) is -0.138. The van der Waals surface area contributed by atoms with Gasteiger partial charge in [-0.1, -0.05) is 32.0 Å². The van der Waals surface area contributed by atoms with Gasteiger partial charge >= 0.3 is 0 Å². The topological polar surface area (TPSA) is 66.5 Å². The number of rotatable bonds is 8. The summed E-state index contributed by atoms with van der Waals surface area (Å²) < 4.78 is 27.9. The van der Waals surface area contributed by atoms with Gasteiger partial charge in [-0.05, 0) is 55.7 Å². The summed E-state index contributed by atoms with van der Waals surface area (Å²) in [5.41, 5.74) is 1.85. The van der Waals surface area contributed by atoms with Crippen LogP contribution in [0.5, 0.6) is 0 Å². The third-order valence-electron chi connectivity index (χ3n) is 3.94. The number of anilines is 1. The molecule has 0 fully saturated rings. The first-order valence-corrected chi connectivity index (χ1v) is 10.3. The summed E-state index contributed by atoms with van der Waals surface area (Å²) in [7, 11) is -3.76. The zero-order chi connectivity index (χ0) is 19.2. The molecule has 2 aromatic rings. The van der Waals surface area contributed by atoms with Crippen LogP contribution < -0.4 is 4.72 Å². The smallest absolute Gasteiger partial charge is 0.261 e. The molecule has 0 spiro atoms. The van der Waals surface area contributed by atoms with Gasteiger partial charge in [0.25, 0.3) is 15.9 Å². The maximum Gasteiger partial charge on any atom is 0.261 e. The molecule has 1 N–H and O–H groups in total. The Balaban J connectivity index is 2.28. The molecule has 26 heavy (non-hydrogen) atoms. The normalized spacial score (nSPS) is 11.2. The molecule has 0 aliphatic carbocycles. The monoisotopic (exact) mass is 374 g/mol. The molecule has 1 amide bonds. The molecule has 0 saturated heterocycles. The van der Waals surface area contributed by atoms with Gasteiger partial charge in [0.1, 0.15) is 0 Å². The lowest BCUT2D eigenvalue weighted by Crippen LogP contribution is -2.32. The Hall–Kier alpha value is -2.34. The fourth-order valence-corrected chi connectivity index (χ4v) is 3.85. The third-order valence-corrected chi connectivity index (χ3v) is 5.31. The average Bonchev–Trinajstić information content (AvgIpc) is 2.61. The van der Waals surface area contributed by atoms with Crippen molar-refractivity contribution in [2.24, 2.45) is 0 Å². The van der Waals surface area contributed by atoms with Crippen LogP contribution in [0.15, 0.2) is 53.4 Å². The molecule has 0 atom stereocenters. The van der Waals surface area contributed by atoms with E-state index in [1.807, 2.05) is 26.8 Å². The Morgan fingerprint density at radius 1 is 1.00 bits per heavy atom. The molecule has 6 heteroatoms. The van der Waals surface area contributed by atoms with E-state index in [0.29, 0.717) is 24.3 Å². The van der Waals surface area contributed by atoms with Gasteiger partial charge in [0, 0.05) is 24.3 Å². The van der Waals surface area contributed by atoms with Crippen molar-refractivity contribution in [1.82, 2.24) is 4.90 Å². The molecular weight excluding hydrogens is 348 g/mol. The highest BCUT2D eigenvalue weighted by Crippen LogP contribution is 2.19. The van der Waals surface area contributed by atoms with Gasteiger partial charge in [-0.25, -0.2) is 8.42 Å². The van der Waals surface area contributed by atoms with E-state index in [4.69, 9.17) is 0 Å². The van der Waals surface area contributed by atoms with Crippen molar-refractivity contribution in [3.63, 3.8) is 0 Å². The van der Waals surface area contributed by atoms with Crippen molar-refractivity contribution in [2.75, 3.05) is 17.8 Å². The van der Waals surface area contributed by atoms with Gasteiger partial charge < -0.3 is 4.90 Å². The van der Waals surface area contributed by atoms with Crippen molar-refractivity contribution in [2.45, 2.75) is 38.5 Å². The predicted molar refractivity (Wildman–Crippen MR) is 105 cm³/mol. The molecule has 0 aliphatic heterocycles.